The van der Waals surface area contributed by atoms with E-state index in [2.05, 4.69) is 5.10 Å². The summed E-state index contributed by atoms with van der Waals surface area (Å²) in [5, 5.41) is 4.75. The Hall–Kier alpha value is -1.74. The van der Waals surface area contributed by atoms with Crippen molar-refractivity contribution in [2.45, 2.75) is 31.7 Å². The van der Waals surface area contributed by atoms with E-state index in [-0.39, 0.29) is 23.8 Å². The maximum absolute atomic E-state index is 13.8. The molecule has 0 amide bonds. The first kappa shape index (κ1) is 21.6. The second-order valence-corrected chi connectivity index (χ2v) is 8.97. The SMILES string of the molecule is Cc1nn(CC(F)=CCN)c(C)c1Cc1ccc(S(=O)(=O)N(C)C)cc1Cl. The van der Waals surface area contributed by atoms with Gasteiger partial charge in [-0.05, 0) is 37.6 Å². The second-order valence-electron chi connectivity index (χ2n) is 6.41. The van der Waals surface area contributed by atoms with Crippen LogP contribution in [0.2, 0.25) is 5.02 Å². The maximum Gasteiger partial charge on any atom is 0.242 e. The van der Waals surface area contributed by atoms with Crippen LogP contribution in [0.1, 0.15) is 22.5 Å². The fraction of sp³-hybridized carbons (Fsp3) is 0.389. The molecule has 2 aromatic rings. The molecule has 0 bridgehead atoms. The number of hydrogen-bond donors (Lipinski definition) is 1. The molecular weight excluding hydrogens is 391 g/mol. The zero-order valence-electron chi connectivity index (χ0n) is 15.8. The predicted molar refractivity (Wildman–Crippen MR) is 105 cm³/mol. The molecule has 0 fully saturated rings. The number of aromatic nitrogens is 2. The molecule has 1 aromatic carbocycles. The van der Waals surface area contributed by atoms with Gasteiger partial charge in [0, 0.05) is 43.3 Å². The van der Waals surface area contributed by atoms with E-state index in [9.17, 15) is 12.8 Å². The van der Waals surface area contributed by atoms with Crippen LogP contribution < -0.4 is 5.73 Å². The first-order valence-electron chi connectivity index (χ1n) is 8.36. The lowest BCUT2D eigenvalue weighted by Crippen LogP contribution is -2.22. The summed E-state index contributed by atoms with van der Waals surface area (Å²) in [6.45, 7) is 3.87. The van der Waals surface area contributed by atoms with Crippen LogP contribution in [-0.4, -0.2) is 43.1 Å². The molecular formula is C18H24ClFN4O2S. The van der Waals surface area contributed by atoms with Gasteiger partial charge in [-0.3, -0.25) is 4.68 Å². The van der Waals surface area contributed by atoms with Gasteiger partial charge in [0.05, 0.1) is 17.1 Å². The van der Waals surface area contributed by atoms with E-state index in [1.54, 1.807) is 10.7 Å². The molecule has 0 saturated heterocycles. The minimum Gasteiger partial charge on any atom is -0.327 e. The van der Waals surface area contributed by atoms with Crippen molar-refractivity contribution < 1.29 is 12.8 Å². The van der Waals surface area contributed by atoms with Crippen LogP contribution in [0.3, 0.4) is 0 Å². The average molecular weight is 415 g/mol. The van der Waals surface area contributed by atoms with Crippen molar-refractivity contribution in [1.82, 2.24) is 14.1 Å². The second kappa shape index (κ2) is 8.52. The quantitative estimate of drug-likeness (QED) is 0.755. The average Bonchev–Trinajstić information content (AvgIpc) is 2.83. The van der Waals surface area contributed by atoms with Crippen molar-refractivity contribution in [2.75, 3.05) is 20.6 Å². The van der Waals surface area contributed by atoms with Crippen LogP contribution >= 0.6 is 11.6 Å². The number of nitrogens with zero attached hydrogens (tertiary/aromatic N) is 3. The molecule has 0 aliphatic rings. The van der Waals surface area contributed by atoms with E-state index in [0.29, 0.717) is 11.4 Å². The third-order valence-corrected chi connectivity index (χ3v) is 6.50. The van der Waals surface area contributed by atoms with Crippen molar-refractivity contribution in [1.29, 1.82) is 0 Å². The van der Waals surface area contributed by atoms with Gasteiger partial charge in [-0.2, -0.15) is 5.10 Å². The molecule has 0 aliphatic heterocycles. The molecule has 1 aromatic heterocycles. The first-order chi connectivity index (χ1) is 12.6. The smallest absolute Gasteiger partial charge is 0.242 e. The number of benzene rings is 1. The molecule has 2 N–H and O–H groups in total. The molecule has 9 heteroatoms. The highest BCUT2D eigenvalue weighted by Gasteiger charge is 2.19. The van der Waals surface area contributed by atoms with Crippen LogP contribution in [0, 0.1) is 13.8 Å². The van der Waals surface area contributed by atoms with E-state index in [1.807, 2.05) is 13.8 Å². The van der Waals surface area contributed by atoms with E-state index in [1.165, 1.54) is 32.3 Å². The molecule has 6 nitrogen and oxygen atoms in total. The fourth-order valence-corrected chi connectivity index (χ4v) is 3.95. The van der Waals surface area contributed by atoms with E-state index in [4.69, 9.17) is 17.3 Å². The lowest BCUT2D eigenvalue weighted by molar-refractivity contribution is 0.517. The number of hydrogen-bond acceptors (Lipinski definition) is 4. The minimum absolute atomic E-state index is 0.0254. The number of allylic oxidation sites excluding steroid dienone is 1. The highest BCUT2D eigenvalue weighted by molar-refractivity contribution is 7.89. The molecule has 148 valence electrons. The molecule has 0 saturated carbocycles. The Bertz CT molecular complexity index is 968. The Morgan fingerprint density at radius 2 is 2.04 bits per heavy atom. The lowest BCUT2D eigenvalue weighted by atomic mass is 10.0. The maximum atomic E-state index is 13.8. The van der Waals surface area contributed by atoms with Crippen LogP contribution in [0.4, 0.5) is 4.39 Å². The Morgan fingerprint density at radius 3 is 2.59 bits per heavy atom. The van der Waals surface area contributed by atoms with Gasteiger partial charge in [0.1, 0.15) is 5.83 Å². The topological polar surface area (TPSA) is 81.2 Å². The van der Waals surface area contributed by atoms with E-state index in [0.717, 1.165) is 26.8 Å². The third-order valence-electron chi connectivity index (χ3n) is 4.34. The van der Waals surface area contributed by atoms with Crippen LogP contribution in [-0.2, 0) is 23.0 Å². The van der Waals surface area contributed by atoms with Crippen molar-refractivity contribution in [3.8, 4) is 0 Å². The van der Waals surface area contributed by atoms with Gasteiger partial charge in [-0.1, -0.05) is 17.7 Å². The lowest BCUT2D eigenvalue weighted by Gasteiger charge is -2.13. The first-order valence-corrected chi connectivity index (χ1v) is 10.2. The molecule has 1 heterocycles. The summed E-state index contributed by atoms with van der Waals surface area (Å²) in [6, 6.07) is 4.68. The normalized spacial score (nSPS) is 12.8. The van der Waals surface area contributed by atoms with Crippen LogP contribution in [0.5, 0.6) is 0 Å². The van der Waals surface area contributed by atoms with Gasteiger partial charge >= 0.3 is 0 Å². The van der Waals surface area contributed by atoms with Gasteiger partial charge < -0.3 is 5.73 Å². The van der Waals surface area contributed by atoms with Crippen molar-refractivity contribution in [3.05, 3.63) is 57.6 Å². The Labute approximate surface area is 164 Å². The number of nitrogens with two attached hydrogens (primary N) is 1. The molecule has 2 rings (SSSR count). The van der Waals surface area contributed by atoms with Crippen molar-refractivity contribution >= 4 is 21.6 Å². The Kier molecular flexibility index (Phi) is 6.80. The van der Waals surface area contributed by atoms with Crippen LogP contribution in [0.25, 0.3) is 0 Å². The summed E-state index contributed by atoms with van der Waals surface area (Å²) < 4.78 is 40.9. The summed E-state index contributed by atoms with van der Waals surface area (Å²) in [7, 11) is -0.608. The Morgan fingerprint density at radius 1 is 1.37 bits per heavy atom. The summed E-state index contributed by atoms with van der Waals surface area (Å²) in [4.78, 5) is 0.138. The van der Waals surface area contributed by atoms with Gasteiger partial charge in [-0.15, -0.1) is 0 Å². The zero-order chi connectivity index (χ0) is 20.4. The van der Waals surface area contributed by atoms with Gasteiger partial charge in [0.15, 0.2) is 0 Å². The highest BCUT2D eigenvalue weighted by Crippen LogP contribution is 2.27. The number of aryl methyl sites for hydroxylation is 1. The molecule has 0 radical (unpaired) electrons. The van der Waals surface area contributed by atoms with Crippen molar-refractivity contribution in [2.24, 2.45) is 5.73 Å². The monoisotopic (exact) mass is 414 g/mol. The summed E-state index contributed by atoms with van der Waals surface area (Å²) >= 11 is 6.33. The van der Waals surface area contributed by atoms with E-state index < -0.39 is 10.0 Å². The number of halogens is 2. The molecule has 27 heavy (non-hydrogen) atoms. The van der Waals surface area contributed by atoms with Crippen molar-refractivity contribution in [3.63, 3.8) is 0 Å². The third kappa shape index (κ3) is 4.76. The number of sulfonamides is 1. The summed E-state index contributed by atoms with van der Waals surface area (Å²) in [6.07, 6.45) is 1.79. The highest BCUT2D eigenvalue weighted by atomic mass is 35.5. The standard InChI is InChI=1S/C18H24ClFN4O2S/c1-12-17(13(2)24(22-12)11-15(20)7-8-21)9-14-5-6-16(10-18(14)19)27(25,26)23(3)4/h5-7,10H,8-9,11,21H2,1-4H3. The molecule has 0 aliphatic carbocycles. The van der Waals surface area contributed by atoms with Crippen LogP contribution in [0.15, 0.2) is 35.0 Å². The van der Waals surface area contributed by atoms with Gasteiger partial charge in [0.2, 0.25) is 10.0 Å². The fourth-order valence-electron chi connectivity index (χ4n) is 2.71. The summed E-state index contributed by atoms with van der Waals surface area (Å²) in [5.74, 6) is -0.342. The van der Waals surface area contributed by atoms with Gasteiger partial charge in [0.25, 0.3) is 0 Å². The van der Waals surface area contributed by atoms with Gasteiger partial charge in [-0.25, -0.2) is 17.1 Å². The number of rotatable bonds is 7. The largest absolute Gasteiger partial charge is 0.327 e. The van der Waals surface area contributed by atoms with E-state index >= 15 is 0 Å². The molecule has 0 atom stereocenters. The molecule has 0 unspecified atom stereocenters. The predicted octanol–water partition coefficient (Wildman–Crippen LogP) is 2.81. The zero-order valence-corrected chi connectivity index (χ0v) is 17.4. The summed E-state index contributed by atoms with van der Waals surface area (Å²) in [5.41, 5.74) is 8.64. The molecule has 0 spiro atoms. The Balaban J connectivity index is 2.33. The minimum atomic E-state index is -3.55.